The molecule has 0 saturated heterocycles. The highest BCUT2D eigenvalue weighted by molar-refractivity contribution is 8.13. The van der Waals surface area contributed by atoms with Gasteiger partial charge >= 0.3 is 24.0 Å². The highest BCUT2D eigenvalue weighted by Crippen LogP contribution is 2.24. The van der Waals surface area contributed by atoms with Gasteiger partial charge in [0.05, 0.1) is 31.2 Å². The number of alkyl carbamates (subject to hydrolysis) is 1. The van der Waals surface area contributed by atoms with Gasteiger partial charge in [-0.05, 0) is 134 Å². The Balaban J connectivity index is 0.000000442. The monoisotopic (exact) mass is 1550 g/mol. The van der Waals surface area contributed by atoms with Gasteiger partial charge in [0.1, 0.15) is 5.60 Å². The van der Waals surface area contributed by atoms with Crippen LogP contribution >= 0.6 is 58.6 Å². The Morgan fingerprint density at radius 1 is 0.547 bits per heavy atom. The zero-order chi connectivity index (χ0) is 79.3. The van der Waals surface area contributed by atoms with E-state index in [4.69, 9.17) is 82.2 Å². The van der Waals surface area contributed by atoms with Crippen LogP contribution in [0, 0.1) is 32.5 Å². The van der Waals surface area contributed by atoms with E-state index in [1.54, 1.807) is 138 Å². The first kappa shape index (κ1) is 91.0. The molecule has 2 atom stereocenters. The summed E-state index contributed by atoms with van der Waals surface area (Å²) in [5.41, 5.74) is 29.4. The molecule has 3 heterocycles. The van der Waals surface area contributed by atoms with Crippen LogP contribution in [0.4, 0.5) is 21.9 Å². The lowest BCUT2D eigenvalue weighted by atomic mass is 9.91. The predicted octanol–water partition coefficient (Wildman–Crippen LogP) is 8.78. The highest BCUT2D eigenvalue weighted by Gasteiger charge is 2.26. The maximum absolute atomic E-state index is 11.9. The van der Waals surface area contributed by atoms with E-state index in [2.05, 4.69) is 75.0 Å². The van der Waals surface area contributed by atoms with Gasteiger partial charge in [-0.2, -0.15) is 0 Å². The number of halogens is 1. The number of anilines is 1. The minimum Gasteiger partial charge on any atom is -0.461 e. The standard InChI is InChI=1S/C17H18N6O2S.C15H15N7OS.C11H22N2O2.C10H9N3.C7H10ClN3O2S.C7H11N3O3S/c1-3-25-16(24)13(18)15(23-17(19)26-2)22-12-7-4-6-11(10-12)14-20-8-5-9-21-14;1-24-15(18)22-14(11(16)12(17)23)21-10-5-2-4-9(8-10)13-19-6-3-7-20-13;1-11(2,3)15-10(14)13-9-7-5-4-6-8(9)12;11-9-4-1-3-8(7-9)10-12-5-2-6-13-10;1-3-13-6(12)4(9)5(8)11-7(10)14-2;1-3-13-6(12)4(8)5(11)10-7(9)14-2/h4-10,18H,3H2,1-2H3,(H2,19,22,23);2-8,16H,1H3,(H2,17,23)(H2,18,21,22);8-9H,4-7,12H2,1-3H3,(H,13,14);1-7H,11H2;9-10H,3H2,1-2H3;8H,3H2,1-2H3,(H2,9,10,11)/t;;8-,9+;;;/m..1.../s1. The van der Waals surface area contributed by atoms with Crippen LogP contribution in [0.2, 0.25) is 0 Å². The lowest BCUT2D eigenvalue weighted by Crippen LogP contribution is -2.50. The van der Waals surface area contributed by atoms with Crippen LogP contribution in [0.1, 0.15) is 67.2 Å². The zero-order valence-electron chi connectivity index (χ0n) is 59.6. The Bertz CT molecular complexity index is 4150. The molecule has 18 N–H and O–H groups in total. The largest absolute Gasteiger partial charge is 0.461 e. The van der Waals surface area contributed by atoms with Gasteiger partial charge in [0.2, 0.25) is 5.71 Å². The lowest BCUT2D eigenvalue weighted by molar-refractivity contribution is -0.136. The maximum atomic E-state index is 11.9. The van der Waals surface area contributed by atoms with E-state index >= 15 is 0 Å². The second-order valence-corrected chi connectivity index (χ2v) is 24.9. The van der Waals surface area contributed by atoms with Gasteiger partial charge in [0, 0.05) is 71.6 Å². The lowest BCUT2D eigenvalue weighted by Gasteiger charge is -2.30. The molecule has 7 rings (SSSR count). The Kier molecular flexibility index (Phi) is 42.6. The van der Waals surface area contributed by atoms with Crippen molar-refractivity contribution >= 4 is 172 Å². The summed E-state index contributed by atoms with van der Waals surface area (Å²) in [6.07, 6.45) is 20.6. The fraction of sp³-hybridized carbons (Fsp3) is 0.299. The molecule has 3 aromatic carbocycles. The molecule has 1 aliphatic rings. The second-order valence-electron chi connectivity index (χ2n) is 21.2. The number of amides is 3. The summed E-state index contributed by atoms with van der Waals surface area (Å²) in [6.45, 7) is 10.9. The van der Waals surface area contributed by atoms with E-state index in [0.29, 0.717) is 28.8 Å². The molecular formula is C67H85ClN24O10S4. The molecule has 3 aromatic heterocycles. The van der Waals surface area contributed by atoms with Crippen molar-refractivity contribution in [2.45, 2.75) is 84.9 Å². The molecule has 1 aliphatic carbocycles. The third-order valence-corrected chi connectivity index (χ3v) is 14.6. The van der Waals surface area contributed by atoms with Crippen LogP contribution in [0.5, 0.6) is 0 Å². The Morgan fingerprint density at radius 2 is 0.953 bits per heavy atom. The Hall–Kier alpha value is -11.1. The Morgan fingerprint density at radius 3 is 1.34 bits per heavy atom. The Labute approximate surface area is 634 Å². The molecule has 34 nitrogen and oxygen atoms in total. The van der Waals surface area contributed by atoms with Crippen LogP contribution in [0.15, 0.2) is 153 Å². The number of nitrogens with zero attached hydrogens (tertiary/aromatic N) is 11. The van der Waals surface area contributed by atoms with Gasteiger partial charge < -0.3 is 52.9 Å². The number of esters is 3. The topological polar surface area (TPSA) is 576 Å². The predicted molar refractivity (Wildman–Crippen MR) is 425 cm³/mol. The first-order chi connectivity index (χ1) is 50.3. The molecule has 1 fully saturated rings. The van der Waals surface area contributed by atoms with E-state index in [-0.39, 0.29) is 75.5 Å². The molecule has 3 amide bonds. The van der Waals surface area contributed by atoms with Gasteiger partial charge in [-0.3, -0.25) is 47.4 Å². The number of nitrogens with one attached hydrogen (secondary N) is 8. The van der Waals surface area contributed by atoms with Crippen LogP contribution < -0.4 is 39.3 Å². The summed E-state index contributed by atoms with van der Waals surface area (Å²) in [5.74, 6) is -3.00. The summed E-state index contributed by atoms with van der Waals surface area (Å²) in [4.78, 5) is 112. The molecule has 0 radical (unpaired) electrons. The van der Waals surface area contributed by atoms with Crippen LogP contribution in [-0.2, 0) is 42.9 Å². The van der Waals surface area contributed by atoms with Gasteiger partial charge in [-0.15, -0.1) is 0 Å². The van der Waals surface area contributed by atoms with Crippen molar-refractivity contribution in [2.75, 3.05) is 50.6 Å². The zero-order valence-corrected chi connectivity index (χ0v) is 63.7. The van der Waals surface area contributed by atoms with E-state index in [0.717, 1.165) is 71.6 Å². The number of aromatic nitrogens is 6. The fourth-order valence-corrected chi connectivity index (χ4v) is 8.41. The molecule has 106 heavy (non-hydrogen) atoms. The van der Waals surface area contributed by atoms with E-state index in [1.165, 1.54) is 23.5 Å². The molecule has 0 bridgehead atoms. The number of benzene rings is 3. The number of ether oxygens (including phenoxy) is 4. The number of amidine groups is 6. The number of nitrogens with two attached hydrogens (primary N) is 5. The van der Waals surface area contributed by atoms with E-state index < -0.39 is 58.2 Å². The van der Waals surface area contributed by atoms with Gasteiger partial charge in [0.15, 0.2) is 72.1 Å². The number of primary amides is 1. The minimum atomic E-state index is -0.987. The van der Waals surface area contributed by atoms with Crippen molar-refractivity contribution in [3.05, 3.63) is 128 Å². The SMILES string of the molecule is CC(C)(C)OC(=O)N[C@H]1CCCC[C@H]1N.CCOC(=O)C(=N)C(=O)NC(=N)SC.CCOC(=O)C(=N)C(Cl)=NC(=N)SC.CCOC(=O)C(=N)C(N=C(N)SC)=Nc1cccc(-c2ncccn2)c1.CSC(N)=NC(=Nc1cccc(-c2ncccn2)c1)C(=N)C(N)=O.Nc1cccc(-c2ncccn2)c1. The molecule has 6 aromatic rings. The van der Waals surface area contributed by atoms with Gasteiger partial charge in [0.25, 0.3) is 11.8 Å². The van der Waals surface area contributed by atoms with Crippen LogP contribution in [0.3, 0.4) is 0 Å². The number of thioether (sulfide) groups is 4. The molecule has 0 unspecified atom stereocenters. The van der Waals surface area contributed by atoms with E-state index in [1.807, 2.05) is 57.2 Å². The average molecular weight is 1550 g/mol. The van der Waals surface area contributed by atoms with Gasteiger partial charge in [-0.1, -0.05) is 108 Å². The number of nitrogen functional groups attached to an aromatic ring is 1. The van der Waals surface area contributed by atoms with Crippen LogP contribution in [-0.4, -0.2) is 189 Å². The number of carbonyl (C=O) groups excluding carboxylic acids is 6. The van der Waals surface area contributed by atoms with Crippen molar-refractivity contribution in [2.24, 2.45) is 47.9 Å². The number of carbonyl (C=O) groups is 6. The first-order valence-electron chi connectivity index (χ1n) is 31.4. The fourth-order valence-electron chi connectivity index (χ4n) is 7.46. The van der Waals surface area contributed by atoms with Crippen molar-refractivity contribution in [1.82, 2.24) is 40.5 Å². The number of rotatable bonds is 17. The quantitative estimate of drug-likeness (QED) is 0.0101. The average Bonchev–Trinajstić information content (AvgIpc) is 0.846. The van der Waals surface area contributed by atoms with Crippen molar-refractivity contribution in [3.8, 4) is 34.2 Å². The molecule has 0 spiro atoms. The minimum absolute atomic E-state index is 0.0657. The van der Waals surface area contributed by atoms with E-state index in [9.17, 15) is 28.8 Å². The molecule has 1 saturated carbocycles. The molecule has 39 heteroatoms. The third-order valence-electron chi connectivity index (χ3n) is 12.3. The summed E-state index contributed by atoms with van der Waals surface area (Å²) in [7, 11) is 0. The number of aliphatic imine (C=N–C) groups is 5. The smallest absolute Gasteiger partial charge is 0.407 e. The summed E-state index contributed by atoms with van der Waals surface area (Å²) >= 11 is 9.92. The highest BCUT2D eigenvalue weighted by atomic mass is 35.5. The number of hydrogen-bond acceptors (Lipinski definition) is 30. The van der Waals surface area contributed by atoms with Gasteiger partial charge in [-0.25, -0.2) is 74.0 Å². The summed E-state index contributed by atoms with van der Waals surface area (Å²) < 4.78 is 19.0. The molecule has 0 aliphatic heterocycles. The summed E-state index contributed by atoms with van der Waals surface area (Å²) in [6, 6.07) is 27.0. The first-order valence-corrected chi connectivity index (χ1v) is 36.7. The second kappa shape index (κ2) is 49.6. The summed E-state index contributed by atoms with van der Waals surface area (Å²) in [5, 5.41) is 49.0. The van der Waals surface area contributed by atoms with Crippen molar-refractivity contribution < 1.29 is 47.7 Å². The molecule has 564 valence electrons. The van der Waals surface area contributed by atoms with Crippen molar-refractivity contribution in [3.63, 3.8) is 0 Å². The van der Waals surface area contributed by atoms with Crippen molar-refractivity contribution in [1.29, 1.82) is 32.5 Å². The third kappa shape index (κ3) is 35.9. The van der Waals surface area contributed by atoms with Crippen LogP contribution in [0.25, 0.3) is 34.2 Å². The number of hydrogen-bond donors (Lipinski definition) is 13. The normalized spacial score (nSPS) is 13.3. The molecular weight excluding hydrogens is 1460 g/mol. The maximum Gasteiger partial charge on any atom is 0.407 e.